The molecule has 0 aliphatic carbocycles. The lowest BCUT2D eigenvalue weighted by Crippen LogP contribution is -2.38. The number of hydrogen-bond donors (Lipinski definition) is 0. The van der Waals surface area contributed by atoms with E-state index in [2.05, 4.69) is 35.6 Å². The zero-order valence-electron chi connectivity index (χ0n) is 10.8. The molecule has 1 aliphatic heterocycles. The van der Waals surface area contributed by atoms with Crippen molar-refractivity contribution in [3.05, 3.63) is 18.2 Å². The Morgan fingerprint density at radius 2 is 1.71 bits per heavy atom. The van der Waals surface area contributed by atoms with Crippen molar-refractivity contribution in [1.82, 2.24) is 9.97 Å². The van der Waals surface area contributed by atoms with Gasteiger partial charge in [0, 0.05) is 13.1 Å². The van der Waals surface area contributed by atoms with Crippen LogP contribution in [-0.4, -0.2) is 23.1 Å². The van der Waals surface area contributed by atoms with Gasteiger partial charge in [0.05, 0.1) is 12.4 Å². The summed E-state index contributed by atoms with van der Waals surface area (Å²) in [7, 11) is 0. The molecule has 0 saturated carbocycles. The highest BCUT2D eigenvalue weighted by molar-refractivity contribution is 5.29. The summed E-state index contributed by atoms with van der Waals surface area (Å²) in [6, 6.07) is 0. The molecule has 0 radical (unpaired) electrons. The highest BCUT2D eigenvalue weighted by Gasteiger charge is 2.29. The van der Waals surface area contributed by atoms with Gasteiger partial charge in [0.15, 0.2) is 5.82 Å². The van der Waals surface area contributed by atoms with Crippen molar-refractivity contribution >= 4 is 5.95 Å². The zero-order chi connectivity index (χ0) is 12.5. The van der Waals surface area contributed by atoms with Gasteiger partial charge in [-0.25, -0.2) is 14.4 Å². The van der Waals surface area contributed by atoms with Crippen molar-refractivity contribution in [3.63, 3.8) is 0 Å². The number of rotatable bonds is 1. The maximum atomic E-state index is 12.7. The molecular formula is C13H20FN3. The molecule has 0 aromatic carbocycles. The van der Waals surface area contributed by atoms with Gasteiger partial charge in [-0.3, -0.25) is 0 Å². The summed E-state index contributed by atoms with van der Waals surface area (Å²) < 4.78 is 12.7. The van der Waals surface area contributed by atoms with E-state index < -0.39 is 0 Å². The van der Waals surface area contributed by atoms with Gasteiger partial charge in [0.2, 0.25) is 5.95 Å². The molecule has 17 heavy (non-hydrogen) atoms. The fourth-order valence-electron chi connectivity index (χ4n) is 2.41. The van der Waals surface area contributed by atoms with Gasteiger partial charge in [-0.15, -0.1) is 0 Å². The second-order valence-corrected chi connectivity index (χ2v) is 5.83. The SMILES string of the molecule is CC(C)(C)C1CCN(c2ncc(F)cn2)CC1. The molecule has 1 aliphatic rings. The monoisotopic (exact) mass is 237 g/mol. The summed E-state index contributed by atoms with van der Waals surface area (Å²) >= 11 is 0. The van der Waals surface area contributed by atoms with Gasteiger partial charge in [-0.05, 0) is 24.2 Å². The van der Waals surface area contributed by atoms with Crippen LogP contribution >= 0.6 is 0 Å². The normalized spacial score (nSPS) is 18.5. The predicted molar refractivity (Wildman–Crippen MR) is 66.4 cm³/mol. The molecule has 2 heterocycles. The molecule has 0 atom stereocenters. The van der Waals surface area contributed by atoms with E-state index in [1.54, 1.807) is 0 Å². The molecule has 2 rings (SSSR count). The first kappa shape index (κ1) is 12.3. The van der Waals surface area contributed by atoms with Crippen LogP contribution in [0.25, 0.3) is 0 Å². The fourth-order valence-corrected chi connectivity index (χ4v) is 2.41. The lowest BCUT2D eigenvalue weighted by atomic mass is 9.75. The van der Waals surface area contributed by atoms with E-state index >= 15 is 0 Å². The zero-order valence-corrected chi connectivity index (χ0v) is 10.8. The number of nitrogens with zero attached hydrogens (tertiary/aromatic N) is 3. The Kier molecular flexibility index (Phi) is 3.31. The summed E-state index contributed by atoms with van der Waals surface area (Å²) in [6.45, 7) is 8.81. The van der Waals surface area contributed by atoms with Gasteiger partial charge < -0.3 is 4.90 Å². The molecule has 0 spiro atoms. The van der Waals surface area contributed by atoms with Crippen LogP contribution in [0, 0.1) is 17.2 Å². The first-order valence-electron chi connectivity index (χ1n) is 6.19. The van der Waals surface area contributed by atoms with E-state index in [1.807, 2.05) is 0 Å². The van der Waals surface area contributed by atoms with Crippen molar-refractivity contribution in [1.29, 1.82) is 0 Å². The van der Waals surface area contributed by atoms with E-state index in [0.717, 1.165) is 31.8 Å². The van der Waals surface area contributed by atoms with E-state index in [-0.39, 0.29) is 5.82 Å². The third kappa shape index (κ3) is 2.93. The van der Waals surface area contributed by atoms with Crippen molar-refractivity contribution in [2.24, 2.45) is 11.3 Å². The number of hydrogen-bond acceptors (Lipinski definition) is 3. The lowest BCUT2D eigenvalue weighted by Gasteiger charge is -2.38. The van der Waals surface area contributed by atoms with Crippen LogP contribution in [0.5, 0.6) is 0 Å². The molecular weight excluding hydrogens is 217 g/mol. The smallest absolute Gasteiger partial charge is 0.225 e. The summed E-state index contributed by atoms with van der Waals surface area (Å²) in [5.74, 6) is 1.02. The first-order valence-corrected chi connectivity index (χ1v) is 6.19. The molecule has 94 valence electrons. The Morgan fingerprint density at radius 1 is 1.18 bits per heavy atom. The number of piperidine rings is 1. The van der Waals surface area contributed by atoms with Crippen LogP contribution in [0.3, 0.4) is 0 Å². The van der Waals surface area contributed by atoms with Crippen molar-refractivity contribution in [3.8, 4) is 0 Å². The van der Waals surface area contributed by atoms with Crippen molar-refractivity contribution in [2.75, 3.05) is 18.0 Å². The molecule has 1 fully saturated rings. The number of anilines is 1. The van der Waals surface area contributed by atoms with Crippen molar-refractivity contribution < 1.29 is 4.39 Å². The molecule has 0 amide bonds. The van der Waals surface area contributed by atoms with Crippen LogP contribution < -0.4 is 4.90 Å². The molecule has 1 aromatic heterocycles. The first-order chi connectivity index (χ1) is 7.97. The lowest BCUT2D eigenvalue weighted by molar-refractivity contribution is 0.198. The standard InChI is InChI=1S/C13H20FN3/c1-13(2,3)10-4-6-17(7-5-10)12-15-8-11(14)9-16-12/h8-10H,4-7H2,1-3H3. The second-order valence-electron chi connectivity index (χ2n) is 5.83. The van der Waals surface area contributed by atoms with E-state index in [0.29, 0.717) is 11.4 Å². The third-order valence-corrected chi connectivity index (χ3v) is 3.61. The predicted octanol–water partition coefficient (Wildman–Crippen LogP) is 2.88. The molecule has 1 saturated heterocycles. The van der Waals surface area contributed by atoms with Gasteiger partial charge >= 0.3 is 0 Å². The molecule has 4 heteroatoms. The van der Waals surface area contributed by atoms with Gasteiger partial charge in [0.1, 0.15) is 0 Å². The second kappa shape index (κ2) is 4.59. The van der Waals surface area contributed by atoms with Gasteiger partial charge in [-0.1, -0.05) is 20.8 Å². The molecule has 0 unspecified atom stereocenters. The minimum Gasteiger partial charge on any atom is -0.341 e. The quantitative estimate of drug-likeness (QED) is 0.752. The van der Waals surface area contributed by atoms with E-state index in [9.17, 15) is 4.39 Å². The topological polar surface area (TPSA) is 29.0 Å². The number of halogens is 1. The Hall–Kier alpha value is -1.19. The highest BCUT2D eigenvalue weighted by Crippen LogP contribution is 2.34. The molecule has 1 aromatic rings. The molecule has 3 nitrogen and oxygen atoms in total. The van der Waals surface area contributed by atoms with Gasteiger partial charge in [-0.2, -0.15) is 0 Å². The van der Waals surface area contributed by atoms with E-state index in [1.165, 1.54) is 12.4 Å². The Balaban J connectivity index is 1.97. The minimum atomic E-state index is -0.377. The minimum absolute atomic E-state index is 0.371. The largest absolute Gasteiger partial charge is 0.341 e. The van der Waals surface area contributed by atoms with Crippen LogP contribution in [0.2, 0.25) is 0 Å². The Bertz CT molecular complexity index is 361. The summed E-state index contributed by atoms with van der Waals surface area (Å²) in [4.78, 5) is 10.2. The van der Waals surface area contributed by atoms with E-state index in [4.69, 9.17) is 0 Å². The molecule has 0 N–H and O–H groups in total. The third-order valence-electron chi connectivity index (χ3n) is 3.61. The fraction of sp³-hybridized carbons (Fsp3) is 0.692. The average Bonchev–Trinajstić information content (AvgIpc) is 2.29. The highest BCUT2D eigenvalue weighted by atomic mass is 19.1. The Labute approximate surface area is 102 Å². The van der Waals surface area contributed by atoms with Crippen LogP contribution in [0.15, 0.2) is 12.4 Å². The Morgan fingerprint density at radius 3 is 2.18 bits per heavy atom. The average molecular weight is 237 g/mol. The van der Waals surface area contributed by atoms with Crippen LogP contribution in [0.4, 0.5) is 10.3 Å². The maximum Gasteiger partial charge on any atom is 0.225 e. The van der Waals surface area contributed by atoms with Gasteiger partial charge in [0.25, 0.3) is 0 Å². The van der Waals surface area contributed by atoms with Crippen LogP contribution in [-0.2, 0) is 0 Å². The summed E-state index contributed by atoms with van der Waals surface area (Å²) in [5.41, 5.74) is 0.371. The maximum absolute atomic E-state index is 12.7. The van der Waals surface area contributed by atoms with Crippen molar-refractivity contribution in [2.45, 2.75) is 33.6 Å². The summed E-state index contributed by atoms with van der Waals surface area (Å²) in [6.07, 6.45) is 4.78. The molecule has 0 bridgehead atoms. The van der Waals surface area contributed by atoms with Crippen LogP contribution in [0.1, 0.15) is 33.6 Å². The summed E-state index contributed by atoms with van der Waals surface area (Å²) in [5, 5.41) is 0. The number of aromatic nitrogens is 2.